The lowest BCUT2D eigenvalue weighted by Gasteiger charge is -2.42. The number of aromatic nitrogens is 2. The third-order valence-corrected chi connectivity index (χ3v) is 8.03. The van der Waals surface area contributed by atoms with Crippen LogP contribution in [0.25, 0.3) is 0 Å². The number of hydrogen-bond donors (Lipinski definition) is 4. The fourth-order valence-corrected chi connectivity index (χ4v) is 6.20. The molecule has 2 saturated carbocycles. The van der Waals surface area contributed by atoms with Gasteiger partial charge in [-0.25, -0.2) is 4.98 Å². The number of anilines is 2. The van der Waals surface area contributed by atoms with Crippen LogP contribution in [0.4, 0.5) is 11.8 Å². The van der Waals surface area contributed by atoms with E-state index >= 15 is 0 Å². The van der Waals surface area contributed by atoms with Crippen molar-refractivity contribution in [3.63, 3.8) is 0 Å². The summed E-state index contributed by atoms with van der Waals surface area (Å²) in [5.41, 5.74) is 0. The van der Waals surface area contributed by atoms with E-state index in [0.717, 1.165) is 32.1 Å². The number of hydrogen-bond acceptors (Lipinski definition) is 7. The molecule has 3 unspecified atom stereocenters. The van der Waals surface area contributed by atoms with Crippen molar-refractivity contribution in [3.8, 4) is 0 Å². The highest BCUT2D eigenvalue weighted by Gasteiger charge is 2.39. The SMILES string of the molecule is C=CC(=O)NC1C(Nc2nc(N[C@H]3CCCN(C(=O)CO)C3)ncc2Cl)CCCC1C1CCCC1. The molecule has 4 rings (SSSR count). The first-order chi connectivity index (χ1) is 17.0. The molecule has 2 amide bonds. The monoisotopic (exact) mass is 504 g/mol. The maximum absolute atomic E-state index is 12.3. The largest absolute Gasteiger partial charge is 0.387 e. The lowest BCUT2D eigenvalue weighted by atomic mass is 9.73. The van der Waals surface area contributed by atoms with Crippen molar-refractivity contribution in [2.45, 2.75) is 75.9 Å². The number of carbonyl (C=O) groups excluding carboxylic acids is 2. The van der Waals surface area contributed by atoms with E-state index in [9.17, 15) is 14.7 Å². The minimum Gasteiger partial charge on any atom is -0.387 e. The van der Waals surface area contributed by atoms with Crippen LogP contribution in [0.15, 0.2) is 18.9 Å². The van der Waals surface area contributed by atoms with Gasteiger partial charge in [-0.1, -0.05) is 50.3 Å². The van der Waals surface area contributed by atoms with Gasteiger partial charge in [0.2, 0.25) is 17.8 Å². The number of aliphatic hydroxyl groups excluding tert-OH is 1. The van der Waals surface area contributed by atoms with Crippen molar-refractivity contribution in [2.75, 3.05) is 30.3 Å². The molecule has 2 heterocycles. The van der Waals surface area contributed by atoms with Crippen molar-refractivity contribution in [1.82, 2.24) is 20.2 Å². The van der Waals surface area contributed by atoms with Crippen LogP contribution in [0, 0.1) is 11.8 Å². The summed E-state index contributed by atoms with van der Waals surface area (Å²) in [5.74, 6) is 1.61. The van der Waals surface area contributed by atoms with Gasteiger partial charge in [-0.05, 0) is 43.6 Å². The summed E-state index contributed by atoms with van der Waals surface area (Å²) in [6, 6.07) is -0.0173. The Morgan fingerprint density at radius 2 is 1.94 bits per heavy atom. The Morgan fingerprint density at radius 1 is 1.14 bits per heavy atom. The van der Waals surface area contributed by atoms with Gasteiger partial charge < -0.3 is 26.0 Å². The summed E-state index contributed by atoms with van der Waals surface area (Å²) >= 11 is 6.49. The molecule has 192 valence electrons. The summed E-state index contributed by atoms with van der Waals surface area (Å²) in [7, 11) is 0. The molecule has 2 aliphatic carbocycles. The zero-order valence-corrected chi connectivity index (χ0v) is 21.0. The minimum atomic E-state index is -0.481. The lowest BCUT2D eigenvalue weighted by molar-refractivity contribution is -0.135. The summed E-state index contributed by atoms with van der Waals surface area (Å²) in [5, 5.41) is 19.7. The molecule has 9 nitrogen and oxygen atoms in total. The number of nitrogens with zero attached hydrogens (tertiary/aromatic N) is 3. The number of piperidine rings is 1. The second-order valence-corrected chi connectivity index (χ2v) is 10.4. The predicted molar refractivity (Wildman–Crippen MR) is 136 cm³/mol. The molecule has 0 spiro atoms. The van der Waals surface area contributed by atoms with Crippen LogP contribution in [0.1, 0.15) is 57.8 Å². The van der Waals surface area contributed by atoms with E-state index in [-0.39, 0.29) is 29.9 Å². The quantitative estimate of drug-likeness (QED) is 0.402. The Morgan fingerprint density at radius 3 is 2.69 bits per heavy atom. The first-order valence-corrected chi connectivity index (χ1v) is 13.2. The van der Waals surface area contributed by atoms with Gasteiger partial charge in [-0.15, -0.1) is 0 Å². The van der Waals surface area contributed by atoms with Gasteiger partial charge in [0.25, 0.3) is 0 Å². The van der Waals surface area contributed by atoms with Gasteiger partial charge >= 0.3 is 0 Å². The Labute approximate surface area is 212 Å². The number of carbonyl (C=O) groups is 2. The fraction of sp³-hybridized carbons (Fsp3) is 0.680. The van der Waals surface area contributed by atoms with Crippen LogP contribution in [-0.4, -0.2) is 69.6 Å². The number of halogens is 1. The highest BCUT2D eigenvalue weighted by molar-refractivity contribution is 6.32. The smallest absolute Gasteiger partial charge is 0.248 e. The van der Waals surface area contributed by atoms with Crippen LogP contribution in [-0.2, 0) is 9.59 Å². The number of aliphatic hydroxyl groups is 1. The summed E-state index contributed by atoms with van der Waals surface area (Å²) in [6.45, 7) is 4.30. The van der Waals surface area contributed by atoms with Gasteiger partial charge in [0.1, 0.15) is 11.6 Å². The average molecular weight is 505 g/mol. The van der Waals surface area contributed by atoms with E-state index in [1.165, 1.54) is 31.8 Å². The van der Waals surface area contributed by atoms with E-state index in [4.69, 9.17) is 11.6 Å². The first-order valence-electron chi connectivity index (χ1n) is 12.9. The Kier molecular flexibility index (Phi) is 8.83. The van der Waals surface area contributed by atoms with Crippen molar-refractivity contribution < 1.29 is 14.7 Å². The third-order valence-electron chi connectivity index (χ3n) is 7.76. The molecule has 3 aliphatic rings. The van der Waals surface area contributed by atoms with Crippen LogP contribution in [0.5, 0.6) is 0 Å². The van der Waals surface area contributed by atoms with Crippen LogP contribution in [0.2, 0.25) is 5.02 Å². The molecule has 1 aromatic heterocycles. The molecule has 4 N–H and O–H groups in total. The summed E-state index contributed by atoms with van der Waals surface area (Å²) in [4.78, 5) is 34.9. The number of amides is 2. The molecule has 10 heteroatoms. The highest BCUT2D eigenvalue weighted by atomic mass is 35.5. The van der Waals surface area contributed by atoms with Gasteiger partial charge in [-0.3, -0.25) is 9.59 Å². The first kappa shape index (κ1) is 25.7. The molecule has 35 heavy (non-hydrogen) atoms. The van der Waals surface area contributed by atoms with Crippen molar-refractivity contribution in [1.29, 1.82) is 0 Å². The van der Waals surface area contributed by atoms with Crippen molar-refractivity contribution in [2.24, 2.45) is 11.8 Å². The molecule has 4 atom stereocenters. The molecule has 0 radical (unpaired) electrons. The number of likely N-dealkylation sites (tertiary alicyclic amines) is 1. The molecule has 1 saturated heterocycles. The minimum absolute atomic E-state index is 0.00525. The van der Waals surface area contributed by atoms with E-state index in [0.29, 0.717) is 41.7 Å². The average Bonchev–Trinajstić information content (AvgIpc) is 3.41. The topological polar surface area (TPSA) is 119 Å². The maximum Gasteiger partial charge on any atom is 0.248 e. The molecular formula is C25H37ClN6O3. The zero-order chi connectivity index (χ0) is 24.8. The van der Waals surface area contributed by atoms with Gasteiger partial charge in [0.15, 0.2) is 5.82 Å². The molecule has 3 fully saturated rings. The number of rotatable bonds is 8. The van der Waals surface area contributed by atoms with Crippen LogP contribution < -0.4 is 16.0 Å². The molecule has 1 aromatic rings. The van der Waals surface area contributed by atoms with Crippen LogP contribution >= 0.6 is 11.6 Å². The highest BCUT2D eigenvalue weighted by Crippen LogP contribution is 2.40. The van der Waals surface area contributed by atoms with Gasteiger partial charge in [-0.2, -0.15) is 4.98 Å². The normalized spacial score (nSPS) is 27.3. The maximum atomic E-state index is 12.3. The number of nitrogens with one attached hydrogen (secondary N) is 3. The van der Waals surface area contributed by atoms with Crippen molar-refractivity contribution >= 4 is 35.2 Å². The fourth-order valence-electron chi connectivity index (χ4n) is 6.06. The van der Waals surface area contributed by atoms with E-state index in [2.05, 4.69) is 32.5 Å². The standard InChI is InChI=1S/C25H37ClN6O3/c1-2-21(34)30-23-18(16-7-3-4-8-16)10-5-11-20(23)29-24-19(26)13-27-25(31-24)28-17-9-6-12-32(14-17)22(35)15-33/h2,13,16-18,20,23,33H,1,3-12,14-15H2,(H,30,34)(H2,27,28,29,31)/t17-,18?,20?,23?/m0/s1. The Balaban J connectivity index is 1.47. The lowest BCUT2D eigenvalue weighted by Crippen LogP contribution is -2.54. The Bertz CT molecular complexity index is 909. The third kappa shape index (κ3) is 6.44. The van der Waals surface area contributed by atoms with E-state index < -0.39 is 6.61 Å². The van der Waals surface area contributed by atoms with E-state index in [1.54, 1.807) is 11.1 Å². The molecule has 0 bridgehead atoms. The van der Waals surface area contributed by atoms with Gasteiger partial charge in [0, 0.05) is 25.2 Å². The zero-order valence-electron chi connectivity index (χ0n) is 20.2. The summed E-state index contributed by atoms with van der Waals surface area (Å²) in [6.07, 6.45) is 12.7. The summed E-state index contributed by atoms with van der Waals surface area (Å²) < 4.78 is 0. The molecule has 0 aromatic carbocycles. The van der Waals surface area contributed by atoms with Crippen LogP contribution in [0.3, 0.4) is 0 Å². The Hall–Kier alpha value is -2.39. The second-order valence-electron chi connectivity index (χ2n) is 10.0. The molecular weight excluding hydrogens is 468 g/mol. The van der Waals surface area contributed by atoms with Crippen molar-refractivity contribution in [3.05, 3.63) is 23.9 Å². The van der Waals surface area contributed by atoms with Gasteiger partial charge in [0.05, 0.1) is 12.2 Å². The molecule has 1 aliphatic heterocycles. The van der Waals surface area contributed by atoms with E-state index in [1.807, 2.05) is 0 Å². The predicted octanol–water partition coefficient (Wildman–Crippen LogP) is 2.97. The second kappa shape index (κ2) is 12.0.